The fraction of sp³-hybridized carbons (Fsp3) is 0.714. The van der Waals surface area contributed by atoms with Gasteiger partial charge in [-0.25, -0.2) is 4.98 Å². The summed E-state index contributed by atoms with van der Waals surface area (Å²) < 4.78 is 11.4. The van der Waals surface area contributed by atoms with Gasteiger partial charge in [0.1, 0.15) is 6.10 Å². The molecule has 0 unspecified atom stereocenters. The fourth-order valence-corrected chi connectivity index (χ4v) is 3.75. The number of hydrogen-bond donors (Lipinski definition) is 2. The third-order valence-corrected chi connectivity index (χ3v) is 5.63. The molecule has 2 N–H and O–H groups in total. The molecule has 2 fully saturated rings. The molecule has 0 radical (unpaired) electrons. The number of pyridine rings is 1. The third kappa shape index (κ3) is 6.07. The van der Waals surface area contributed by atoms with Crippen molar-refractivity contribution in [3.63, 3.8) is 0 Å². The summed E-state index contributed by atoms with van der Waals surface area (Å²) in [6.45, 7) is 9.57. The minimum atomic E-state index is 0.0438. The lowest BCUT2D eigenvalue weighted by Gasteiger charge is -2.41. The van der Waals surface area contributed by atoms with Gasteiger partial charge < -0.3 is 20.1 Å². The predicted octanol–water partition coefficient (Wildman–Crippen LogP) is 2.18. The molecule has 1 aliphatic heterocycles. The summed E-state index contributed by atoms with van der Waals surface area (Å²) in [5.41, 5.74) is 1.15. The molecule has 1 aromatic rings. The maximum absolute atomic E-state index is 5.93. The SMILES string of the molecule is CN=C(NCc1ccc(OC2CCCC2)nc1)NCC(C)(C)N1CCOCC1. The summed E-state index contributed by atoms with van der Waals surface area (Å²) in [6, 6.07) is 4.03. The zero-order valence-electron chi connectivity index (χ0n) is 17.5. The molecule has 0 bridgehead atoms. The van der Waals surface area contributed by atoms with Crippen molar-refractivity contribution in [3.8, 4) is 5.88 Å². The molecule has 0 spiro atoms. The Bertz CT molecular complexity index is 620. The van der Waals surface area contributed by atoms with E-state index in [1.165, 1.54) is 12.8 Å². The van der Waals surface area contributed by atoms with Gasteiger partial charge in [0.15, 0.2) is 5.96 Å². The van der Waals surface area contributed by atoms with Gasteiger partial charge in [-0.2, -0.15) is 0 Å². The van der Waals surface area contributed by atoms with Crippen LogP contribution >= 0.6 is 0 Å². The standard InChI is InChI=1S/C21H35N5O2/c1-21(2,26-10-12-27-13-11-26)16-25-20(22-3)24-15-17-8-9-19(23-14-17)28-18-6-4-5-7-18/h8-9,14,18H,4-7,10-13,15-16H2,1-3H3,(H2,22,24,25). The Morgan fingerprint density at radius 1 is 1.25 bits per heavy atom. The Morgan fingerprint density at radius 2 is 2.00 bits per heavy atom. The molecule has 1 aliphatic carbocycles. The lowest BCUT2D eigenvalue weighted by atomic mass is 10.0. The van der Waals surface area contributed by atoms with Crippen LogP contribution < -0.4 is 15.4 Å². The van der Waals surface area contributed by atoms with E-state index in [0.29, 0.717) is 12.6 Å². The first kappa shape index (κ1) is 20.9. The summed E-state index contributed by atoms with van der Waals surface area (Å²) in [7, 11) is 1.80. The number of aromatic nitrogens is 1. The van der Waals surface area contributed by atoms with Crippen LogP contribution in [-0.2, 0) is 11.3 Å². The minimum Gasteiger partial charge on any atom is -0.474 e. The summed E-state index contributed by atoms with van der Waals surface area (Å²) in [5.74, 6) is 1.53. The highest BCUT2D eigenvalue weighted by molar-refractivity contribution is 5.79. The molecule has 156 valence electrons. The molecule has 7 heteroatoms. The largest absolute Gasteiger partial charge is 0.474 e. The summed E-state index contributed by atoms with van der Waals surface area (Å²) >= 11 is 0. The van der Waals surface area contributed by atoms with Crippen LogP contribution in [0.5, 0.6) is 5.88 Å². The predicted molar refractivity (Wildman–Crippen MR) is 112 cm³/mol. The Hall–Kier alpha value is -1.86. The molecule has 0 amide bonds. The van der Waals surface area contributed by atoms with E-state index < -0.39 is 0 Å². The topological polar surface area (TPSA) is 71.0 Å². The van der Waals surface area contributed by atoms with Crippen molar-refractivity contribution in [1.29, 1.82) is 0 Å². The number of ether oxygens (including phenoxy) is 2. The monoisotopic (exact) mass is 389 g/mol. The van der Waals surface area contributed by atoms with Crippen LogP contribution in [-0.4, -0.2) is 67.4 Å². The van der Waals surface area contributed by atoms with Crippen molar-refractivity contribution in [3.05, 3.63) is 23.9 Å². The number of hydrogen-bond acceptors (Lipinski definition) is 5. The first-order valence-electron chi connectivity index (χ1n) is 10.5. The molecular formula is C21H35N5O2. The third-order valence-electron chi connectivity index (χ3n) is 5.63. The van der Waals surface area contributed by atoms with Crippen molar-refractivity contribution in [2.75, 3.05) is 39.9 Å². The number of morpholine rings is 1. The van der Waals surface area contributed by atoms with E-state index in [2.05, 4.69) is 45.4 Å². The van der Waals surface area contributed by atoms with Crippen molar-refractivity contribution in [2.24, 2.45) is 4.99 Å². The van der Waals surface area contributed by atoms with E-state index in [4.69, 9.17) is 9.47 Å². The van der Waals surface area contributed by atoms with Gasteiger partial charge >= 0.3 is 0 Å². The van der Waals surface area contributed by atoms with Gasteiger partial charge in [-0.3, -0.25) is 9.89 Å². The molecule has 1 saturated carbocycles. The molecule has 28 heavy (non-hydrogen) atoms. The van der Waals surface area contributed by atoms with Gasteiger partial charge in [0.25, 0.3) is 0 Å². The highest BCUT2D eigenvalue weighted by Crippen LogP contribution is 2.22. The van der Waals surface area contributed by atoms with Crippen molar-refractivity contribution in [1.82, 2.24) is 20.5 Å². The van der Waals surface area contributed by atoms with Crippen LogP contribution in [0.25, 0.3) is 0 Å². The summed E-state index contributed by atoms with van der Waals surface area (Å²) in [6.07, 6.45) is 7.04. The van der Waals surface area contributed by atoms with E-state index in [-0.39, 0.29) is 5.54 Å². The molecular weight excluding hydrogens is 354 g/mol. The van der Waals surface area contributed by atoms with E-state index in [9.17, 15) is 0 Å². The fourth-order valence-electron chi connectivity index (χ4n) is 3.75. The van der Waals surface area contributed by atoms with Crippen LogP contribution in [0.4, 0.5) is 0 Å². The smallest absolute Gasteiger partial charge is 0.213 e. The molecule has 0 atom stereocenters. The van der Waals surface area contributed by atoms with Crippen LogP contribution in [0.1, 0.15) is 45.1 Å². The zero-order valence-corrected chi connectivity index (χ0v) is 17.5. The molecule has 2 aliphatic rings. The molecule has 1 saturated heterocycles. The van der Waals surface area contributed by atoms with Gasteiger partial charge in [-0.15, -0.1) is 0 Å². The number of aliphatic imine (C=N–C) groups is 1. The van der Waals surface area contributed by atoms with E-state index in [1.807, 2.05) is 12.3 Å². The maximum atomic E-state index is 5.93. The average Bonchev–Trinajstić information content (AvgIpc) is 3.23. The van der Waals surface area contributed by atoms with Gasteiger partial charge in [-0.1, -0.05) is 6.07 Å². The second kappa shape index (κ2) is 10.1. The molecule has 2 heterocycles. The van der Waals surface area contributed by atoms with Crippen LogP contribution in [0.15, 0.2) is 23.3 Å². The van der Waals surface area contributed by atoms with Crippen LogP contribution in [0, 0.1) is 0 Å². The van der Waals surface area contributed by atoms with Crippen molar-refractivity contribution < 1.29 is 9.47 Å². The van der Waals surface area contributed by atoms with Crippen LogP contribution in [0.3, 0.4) is 0 Å². The normalized spacial score (nSPS) is 19.6. The van der Waals surface area contributed by atoms with E-state index in [0.717, 1.165) is 63.1 Å². The molecule has 3 rings (SSSR count). The summed E-state index contributed by atoms with van der Waals surface area (Å²) in [4.78, 5) is 11.3. The van der Waals surface area contributed by atoms with Gasteiger partial charge in [0, 0.05) is 51.0 Å². The Kier molecular flexibility index (Phi) is 7.50. The van der Waals surface area contributed by atoms with Crippen LogP contribution in [0.2, 0.25) is 0 Å². The lowest BCUT2D eigenvalue weighted by Crippen LogP contribution is -2.56. The molecule has 0 aromatic carbocycles. The average molecular weight is 390 g/mol. The second-order valence-electron chi connectivity index (χ2n) is 8.22. The van der Waals surface area contributed by atoms with Gasteiger partial charge in [0.05, 0.1) is 13.2 Å². The maximum Gasteiger partial charge on any atom is 0.213 e. The number of nitrogens with one attached hydrogen (secondary N) is 2. The first-order valence-corrected chi connectivity index (χ1v) is 10.5. The summed E-state index contributed by atoms with van der Waals surface area (Å²) in [5, 5.41) is 6.82. The molecule has 7 nitrogen and oxygen atoms in total. The number of nitrogens with zero attached hydrogens (tertiary/aromatic N) is 3. The van der Waals surface area contributed by atoms with Crippen molar-refractivity contribution >= 4 is 5.96 Å². The second-order valence-corrected chi connectivity index (χ2v) is 8.22. The van der Waals surface area contributed by atoms with Gasteiger partial charge in [0.2, 0.25) is 5.88 Å². The zero-order chi connectivity index (χ0) is 19.8. The van der Waals surface area contributed by atoms with Crippen molar-refractivity contribution in [2.45, 2.75) is 57.7 Å². The Balaban J connectivity index is 1.43. The minimum absolute atomic E-state index is 0.0438. The number of rotatable bonds is 7. The van der Waals surface area contributed by atoms with Gasteiger partial charge in [-0.05, 0) is 45.1 Å². The number of guanidine groups is 1. The van der Waals surface area contributed by atoms with E-state index >= 15 is 0 Å². The molecule has 1 aromatic heterocycles. The lowest BCUT2D eigenvalue weighted by molar-refractivity contribution is -0.00834. The quantitative estimate of drug-likeness (QED) is 0.550. The Labute approximate surface area is 168 Å². The Morgan fingerprint density at radius 3 is 2.64 bits per heavy atom. The van der Waals surface area contributed by atoms with E-state index in [1.54, 1.807) is 7.05 Å². The highest BCUT2D eigenvalue weighted by Gasteiger charge is 2.28. The highest BCUT2D eigenvalue weighted by atomic mass is 16.5. The first-order chi connectivity index (χ1) is 13.6.